The number of nitrogens with one attached hydrogen (secondary N) is 1. The number of esters is 1. The first-order valence-corrected chi connectivity index (χ1v) is 5.30. The van der Waals surface area contributed by atoms with Gasteiger partial charge in [-0.25, -0.2) is 0 Å². The number of ether oxygens (including phenoxy) is 1. The summed E-state index contributed by atoms with van der Waals surface area (Å²) in [5, 5.41) is 3.20. The fourth-order valence-electron chi connectivity index (χ4n) is 0.981. The Morgan fingerprint density at radius 2 is 2.00 bits per heavy atom. The van der Waals surface area contributed by atoms with E-state index in [0.29, 0.717) is 6.54 Å². The molecule has 0 aromatic heterocycles. The van der Waals surface area contributed by atoms with Gasteiger partial charge < -0.3 is 10.1 Å². The molecule has 0 saturated carbocycles. The van der Waals surface area contributed by atoms with Crippen molar-refractivity contribution in [2.75, 3.05) is 13.1 Å². The van der Waals surface area contributed by atoms with Gasteiger partial charge in [0, 0.05) is 6.54 Å². The highest BCUT2D eigenvalue weighted by molar-refractivity contribution is 5.72. The SMILES string of the molecule is CCCNC[C@H](C)C(=O)OC(C)(C)C. The summed E-state index contributed by atoms with van der Waals surface area (Å²) in [5.74, 6) is -0.193. The molecule has 0 fully saturated rings. The van der Waals surface area contributed by atoms with Crippen LogP contribution in [0.1, 0.15) is 41.0 Å². The molecule has 84 valence electrons. The van der Waals surface area contributed by atoms with Crippen LogP contribution in [0.3, 0.4) is 0 Å². The largest absolute Gasteiger partial charge is 0.460 e. The van der Waals surface area contributed by atoms with E-state index in [1.807, 2.05) is 27.7 Å². The summed E-state index contributed by atoms with van der Waals surface area (Å²) in [6, 6.07) is 0. The maximum Gasteiger partial charge on any atom is 0.310 e. The molecule has 0 spiro atoms. The van der Waals surface area contributed by atoms with E-state index in [9.17, 15) is 4.79 Å². The van der Waals surface area contributed by atoms with Gasteiger partial charge in [-0.3, -0.25) is 4.79 Å². The van der Waals surface area contributed by atoms with Crippen molar-refractivity contribution in [3.63, 3.8) is 0 Å². The van der Waals surface area contributed by atoms with Crippen molar-refractivity contribution in [2.24, 2.45) is 5.92 Å². The molecule has 1 N–H and O–H groups in total. The highest BCUT2D eigenvalue weighted by Crippen LogP contribution is 2.10. The summed E-state index contributed by atoms with van der Waals surface area (Å²) < 4.78 is 5.25. The Hall–Kier alpha value is -0.570. The van der Waals surface area contributed by atoms with Crippen LogP contribution in [0.15, 0.2) is 0 Å². The summed E-state index contributed by atoms with van der Waals surface area (Å²) in [5.41, 5.74) is -0.379. The predicted octanol–water partition coefficient (Wildman–Crippen LogP) is 1.96. The molecule has 0 bridgehead atoms. The summed E-state index contributed by atoms with van der Waals surface area (Å²) in [4.78, 5) is 11.5. The smallest absolute Gasteiger partial charge is 0.310 e. The Bertz CT molecular complexity index is 173. The highest BCUT2D eigenvalue weighted by atomic mass is 16.6. The second-order valence-electron chi connectivity index (χ2n) is 4.64. The Morgan fingerprint density at radius 3 is 2.43 bits per heavy atom. The van der Waals surface area contributed by atoms with Crippen LogP contribution in [0.25, 0.3) is 0 Å². The molecule has 3 heteroatoms. The van der Waals surface area contributed by atoms with Gasteiger partial charge in [0.25, 0.3) is 0 Å². The van der Waals surface area contributed by atoms with Crippen molar-refractivity contribution in [2.45, 2.75) is 46.6 Å². The van der Waals surface area contributed by atoms with Crippen molar-refractivity contribution in [3.8, 4) is 0 Å². The van der Waals surface area contributed by atoms with E-state index in [1.165, 1.54) is 0 Å². The molecule has 0 heterocycles. The lowest BCUT2D eigenvalue weighted by atomic mass is 10.1. The minimum Gasteiger partial charge on any atom is -0.460 e. The van der Waals surface area contributed by atoms with Gasteiger partial charge in [-0.1, -0.05) is 13.8 Å². The van der Waals surface area contributed by atoms with Gasteiger partial charge in [0.15, 0.2) is 0 Å². The number of carbonyl (C=O) groups excluding carboxylic acids is 1. The molecule has 0 rings (SSSR count). The van der Waals surface area contributed by atoms with Gasteiger partial charge in [-0.15, -0.1) is 0 Å². The van der Waals surface area contributed by atoms with Crippen LogP contribution in [-0.4, -0.2) is 24.7 Å². The maximum atomic E-state index is 11.5. The third kappa shape index (κ3) is 6.89. The van der Waals surface area contributed by atoms with Gasteiger partial charge in [0.2, 0.25) is 0 Å². The lowest BCUT2D eigenvalue weighted by molar-refractivity contribution is -0.159. The van der Waals surface area contributed by atoms with Gasteiger partial charge in [-0.05, 0) is 33.7 Å². The minimum absolute atomic E-state index is 0.0687. The molecule has 0 saturated heterocycles. The zero-order valence-corrected chi connectivity index (χ0v) is 10.0. The highest BCUT2D eigenvalue weighted by Gasteiger charge is 2.20. The topological polar surface area (TPSA) is 38.3 Å². The first kappa shape index (κ1) is 13.4. The lowest BCUT2D eigenvalue weighted by Crippen LogP contribution is -2.33. The second-order valence-corrected chi connectivity index (χ2v) is 4.64. The lowest BCUT2D eigenvalue weighted by Gasteiger charge is -2.22. The number of hydrogen-bond acceptors (Lipinski definition) is 3. The number of rotatable bonds is 5. The first-order chi connectivity index (χ1) is 6.37. The van der Waals surface area contributed by atoms with Crippen molar-refractivity contribution in [1.82, 2.24) is 5.32 Å². The molecular formula is C11H23NO2. The third-order valence-electron chi connectivity index (χ3n) is 1.69. The van der Waals surface area contributed by atoms with E-state index in [2.05, 4.69) is 12.2 Å². The molecule has 14 heavy (non-hydrogen) atoms. The molecule has 0 aromatic rings. The molecule has 0 amide bonds. The molecule has 3 nitrogen and oxygen atoms in total. The standard InChI is InChI=1S/C11H23NO2/c1-6-7-12-8-9(2)10(13)14-11(3,4)5/h9,12H,6-8H2,1-5H3/t9-/m0/s1. The van der Waals surface area contributed by atoms with Crippen LogP contribution in [0.2, 0.25) is 0 Å². The van der Waals surface area contributed by atoms with Crippen molar-refractivity contribution < 1.29 is 9.53 Å². The second kappa shape index (κ2) is 6.02. The molecule has 0 aliphatic carbocycles. The molecule has 1 atom stereocenters. The Kier molecular flexibility index (Phi) is 5.77. The van der Waals surface area contributed by atoms with Crippen LogP contribution in [0.4, 0.5) is 0 Å². The van der Waals surface area contributed by atoms with Gasteiger partial charge in [0.1, 0.15) is 5.60 Å². The summed E-state index contributed by atoms with van der Waals surface area (Å²) in [6.45, 7) is 11.3. The van der Waals surface area contributed by atoms with E-state index in [1.54, 1.807) is 0 Å². The summed E-state index contributed by atoms with van der Waals surface area (Å²) >= 11 is 0. The van der Waals surface area contributed by atoms with Crippen LogP contribution in [0, 0.1) is 5.92 Å². The monoisotopic (exact) mass is 201 g/mol. The molecule has 0 aliphatic heterocycles. The minimum atomic E-state index is -0.379. The van der Waals surface area contributed by atoms with Gasteiger partial charge >= 0.3 is 5.97 Å². The summed E-state index contributed by atoms with van der Waals surface area (Å²) in [6.07, 6.45) is 1.08. The number of hydrogen-bond donors (Lipinski definition) is 1. The van der Waals surface area contributed by atoms with Gasteiger partial charge in [0.05, 0.1) is 5.92 Å². The van der Waals surface area contributed by atoms with Crippen LogP contribution < -0.4 is 5.32 Å². The Labute approximate surface area is 87.2 Å². The average molecular weight is 201 g/mol. The zero-order chi connectivity index (χ0) is 11.2. The molecule has 0 unspecified atom stereocenters. The van der Waals surface area contributed by atoms with Crippen molar-refractivity contribution in [1.29, 1.82) is 0 Å². The molecule has 0 aromatic carbocycles. The normalized spacial score (nSPS) is 13.8. The third-order valence-corrected chi connectivity index (χ3v) is 1.69. The summed E-state index contributed by atoms with van der Waals surface area (Å²) in [7, 11) is 0. The van der Waals surface area contributed by atoms with Crippen LogP contribution in [-0.2, 0) is 9.53 Å². The van der Waals surface area contributed by atoms with E-state index < -0.39 is 0 Å². The van der Waals surface area contributed by atoms with Crippen molar-refractivity contribution >= 4 is 5.97 Å². The average Bonchev–Trinajstić information content (AvgIpc) is 2.01. The number of carbonyl (C=O) groups is 1. The van der Waals surface area contributed by atoms with Crippen LogP contribution in [0.5, 0.6) is 0 Å². The van der Waals surface area contributed by atoms with E-state index in [0.717, 1.165) is 13.0 Å². The van der Waals surface area contributed by atoms with E-state index in [-0.39, 0.29) is 17.5 Å². The quantitative estimate of drug-likeness (QED) is 0.546. The molecular weight excluding hydrogens is 178 g/mol. The maximum absolute atomic E-state index is 11.5. The van der Waals surface area contributed by atoms with E-state index >= 15 is 0 Å². The van der Waals surface area contributed by atoms with E-state index in [4.69, 9.17) is 4.74 Å². The first-order valence-electron chi connectivity index (χ1n) is 5.30. The fourth-order valence-corrected chi connectivity index (χ4v) is 0.981. The Balaban J connectivity index is 3.77. The zero-order valence-electron chi connectivity index (χ0n) is 10.0. The predicted molar refractivity (Wildman–Crippen MR) is 58.2 cm³/mol. The fraction of sp³-hybridized carbons (Fsp3) is 0.909. The van der Waals surface area contributed by atoms with Crippen molar-refractivity contribution in [3.05, 3.63) is 0 Å². The molecule has 0 radical (unpaired) electrons. The van der Waals surface area contributed by atoms with Gasteiger partial charge in [-0.2, -0.15) is 0 Å². The Morgan fingerprint density at radius 1 is 1.43 bits per heavy atom. The van der Waals surface area contributed by atoms with Crippen LogP contribution >= 0.6 is 0 Å². The molecule has 0 aliphatic rings.